The third-order valence-electron chi connectivity index (χ3n) is 4.81. The maximum atomic E-state index is 12.6. The number of rotatable bonds is 4. The van der Waals surface area contributed by atoms with E-state index in [4.69, 9.17) is 18.9 Å². The Morgan fingerprint density at radius 1 is 1.00 bits per heavy atom. The smallest absolute Gasteiger partial charge is 0.259 e. The van der Waals surface area contributed by atoms with Crippen LogP contribution in [-0.2, 0) is 0 Å². The fraction of sp³-hybridized carbons (Fsp3) is 0.350. The number of hydrogen-bond acceptors (Lipinski definition) is 5. The van der Waals surface area contributed by atoms with Gasteiger partial charge in [-0.15, -0.1) is 0 Å². The first kappa shape index (κ1) is 16.6. The van der Waals surface area contributed by atoms with Gasteiger partial charge in [-0.1, -0.05) is 0 Å². The number of benzene rings is 2. The minimum absolute atomic E-state index is 0.265. The fourth-order valence-corrected chi connectivity index (χ4v) is 3.47. The molecule has 0 bridgehead atoms. The van der Waals surface area contributed by atoms with E-state index in [1.165, 1.54) is 7.11 Å². The summed E-state index contributed by atoms with van der Waals surface area (Å²) in [6.07, 6.45) is 4.00. The Morgan fingerprint density at radius 3 is 2.50 bits per heavy atom. The van der Waals surface area contributed by atoms with Gasteiger partial charge < -0.3 is 24.3 Å². The Labute approximate surface area is 152 Å². The maximum Gasteiger partial charge on any atom is 0.259 e. The number of nitrogens with one attached hydrogen (secondary N) is 1. The molecule has 0 aromatic heterocycles. The Balaban J connectivity index is 1.53. The number of anilines is 1. The predicted molar refractivity (Wildman–Crippen MR) is 96.4 cm³/mol. The van der Waals surface area contributed by atoms with Crippen LogP contribution in [-0.4, -0.2) is 25.9 Å². The number of hydrogen-bond donors (Lipinski definition) is 1. The summed E-state index contributed by atoms with van der Waals surface area (Å²) in [4.78, 5) is 12.6. The summed E-state index contributed by atoms with van der Waals surface area (Å²) < 4.78 is 22.5. The van der Waals surface area contributed by atoms with E-state index in [1.807, 2.05) is 12.1 Å². The molecular formula is C20H21NO5. The third-order valence-corrected chi connectivity index (χ3v) is 4.81. The van der Waals surface area contributed by atoms with Crippen molar-refractivity contribution in [2.75, 3.05) is 19.5 Å². The van der Waals surface area contributed by atoms with Gasteiger partial charge in [0.2, 0.25) is 0 Å². The fourth-order valence-electron chi connectivity index (χ4n) is 3.47. The van der Waals surface area contributed by atoms with Crippen LogP contribution in [0.4, 0.5) is 5.69 Å². The number of carbonyl (C=O) groups is 1. The molecule has 1 spiro atoms. The Bertz CT molecular complexity index is 842. The van der Waals surface area contributed by atoms with Crippen molar-refractivity contribution in [3.05, 3.63) is 42.0 Å². The summed E-state index contributed by atoms with van der Waals surface area (Å²) in [5, 5.41) is 2.88. The van der Waals surface area contributed by atoms with Gasteiger partial charge in [0, 0.05) is 30.7 Å². The summed E-state index contributed by atoms with van der Waals surface area (Å²) >= 11 is 0. The van der Waals surface area contributed by atoms with Crippen molar-refractivity contribution in [1.29, 1.82) is 0 Å². The zero-order valence-corrected chi connectivity index (χ0v) is 14.8. The van der Waals surface area contributed by atoms with Crippen LogP contribution in [0.3, 0.4) is 0 Å². The van der Waals surface area contributed by atoms with Gasteiger partial charge in [-0.3, -0.25) is 4.79 Å². The molecule has 4 rings (SSSR count). The van der Waals surface area contributed by atoms with Gasteiger partial charge in [0.05, 0.1) is 19.8 Å². The quantitative estimate of drug-likeness (QED) is 0.898. The number of carbonyl (C=O) groups excluding carboxylic acids is 1. The lowest BCUT2D eigenvalue weighted by Gasteiger charge is -2.21. The topological polar surface area (TPSA) is 66.0 Å². The normalized spacial score (nSPS) is 16.5. The molecule has 0 atom stereocenters. The van der Waals surface area contributed by atoms with E-state index in [0.29, 0.717) is 28.5 Å². The van der Waals surface area contributed by atoms with Crippen LogP contribution in [0, 0.1) is 0 Å². The van der Waals surface area contributed by atoms with Crippen molar-refractivity contribution in [3.8, 4) is 23.0 Å². The lowest BCUT2D eigenvalue weighted by atomic mass is 10.1. The van der Waals surface area contributed by atoms with Crippen LogP contribution in [0.25, 0.3) is 0 Å². The van der Waals surface area contributed by atoms with E-state index < -0.39 is 5.79 Å². The second-order valence-electron chi connectivity index (χ2n) is 6.50. The van der Waals surface area contributed by atoms with Crippen LogP contribution in [0.2, 0.25) is 0 Å². The highest BCUT2D eigenvalue weighted by molar-refractivity contribution is 6.06. The van der Waals surface area contributed by atoms with E-state index in [0.717, 1.165) is 31.4 Å². The highest BCUT2D eigenvalue weighted by atomic mass is 16.7. The molecule has 1 fully saturated rings. The summed E-state index contributed by atoms with van der Waals surface area (Å²) in [5.41, 5.74) is 1.07. The minimum Gasteiger partial charge on any atom is -0.497 e. The van der Waals surface area contributed by atoms with E-state index in [2.05, 4.69) is 5.32 Å². The lowest BCUT2D eigenvalue weighted by molar-refractivity contribution is -0.0716. The molecule has 6 nitrogen and oxygen atoms in total. The highest BCUT2D eigenvalue weighted by Gasteiger charge is 2.44. The highest BCUT2D eigenvalue weighted by Crippen LogP contribution is 2.47. The van der Waals surface area contributed by atoms with Crippen LogP contribution >= 0.6 is 0 Å². The van der Waals surface area contributed by atoms with Gasteiger partial charge >= 0.3 is 0 Å². The summed E-state index contributed by atoms with van der Waals surface area (Å²) in [7, 11) is 3.09. The monoisotopic (exact) mass is 355 g/mol. The molecule has 136 valence electrons. The number of methoxy groups -OCH3 is 2. The maximum absolute atomic E-state index is 12.6. The Morgan fingerprint density at radius 2 is 1.77 bits per heavy atom. The van der Waals surface area contributed by atoms with Crippen LogP contribution in [0.5, 0.6) is 23.0 Å². The summed E-state index contributed by atoms with van der Waals surface area (Å²) in [6, 6.07) is 10.5. The zero-order valence-electron chi connectivity index (χ0n) is 14.8. The molecule has 1 aliphatic heterocycles. The van der Waals surface area contributed by atoms with Crippen molar-refractivity contribution < 1.29 is 23.7 Å². The molecule has 1 N–H and O–H groups in total. The molecule has 0 radical (unpaired) electrons. The molecule has 1 saturated carbocycles. The predicted octanol–water partition coefficient (Wildman–Crippen LogP) is 4.00. The van der Waals surface area contributed by atoms with Gasteiger partial charge in [0.25, 0.3) is 11.7 Å². The standard InChI is InChI=1S/C20H21NO5/c1-23-14-6-7-15(17(12-14)24-2)19(22)21-13-5-8-16-18(11-13)26-20(25-16)9-3-4-10-20/h5-8,11-12H,3-4,9-10H2,1-2H3,(H,21,22). The van der Waals surface area contributed by atoms with E-state index in [1.54, 1.807) is 31.4 Å². The second-order valence-corrected chi connectivity index (χ2v) is 6.50. The van der Waals surface area contributed by atoms with Gasteiger partial charge in [-0.2, -0.15) is 0 Å². The van der Waals surface area contributed by atoms with Crippen molar-refractivity contribution >= 4 is 11.6 Å². The number of fused-ring (bicyclic) bond motifs is 1. The molecule has 6 heteroatoms. The van der Waals surface area contributed by atoms with Gasteiger partial charge in [-0.05, 0) is 37.1 Å². The lowest BCUT2D eigenvalue weighted by Crippen LogP contribution is -2.34. The van der Waals surface area contributed by atoms with E-state index in [9.17, 15) is 4.79 Å². The summed E-state index contributed by atoms with van der Waals surface area (Å²) in [5.74, 6) is 1.71. The molecule has 2 aliphatic rings. The van der Waals surface area contributed by atoms with Crippen molar-refractivity contribution in [2.45, 2.75) is 31.5 Å². The van der Waals surface area contributed by atoms with Gasteiger partial charge in [0.15, 0.2) is 11.5 Å². The Hall–Kier alpha value is -2.89. The zero-order chi connectivity index (χ0) is 18.1. The third kappa shape index (κ3) is 2.92. The second kappa shape index (κ2) is 6.44. The minimum atomic E-state index is -0.510. The SMILES string of the molecule is COc1ccc(C(=O)Nc2ccc3c(c2)OC2(CCCC2)O3)c(OC)c1. The molecule has 0 saturated heterocycles. The van der Waals surface area contributed by atoms with Crippen molar-refractivity contribution in [2.24, 2.45) is 0 Å². The first-order valence-corrected chi connectivity index (χ1v) is 8.68. The van der Waals surface area contributed by atoms with Crippen LogP contribution in [0.1, 0.15) is 36.0 Å². The molecule has 0 unspecified atom stereocenters. The van der Waals surface area contributed by atoms with Gasteiger partial charge in [0.1, 0.15) is 11.5 Å². The van der Waals surface area contributed by atoms with E-state index >= 15 is 0 Å². The van der Waals surface area contributed by atoms with Crippen LogP contribution < -0.4 is 24.3 Å². The molecule has 1 heterocycles. The first-order valence-electron chi connectivity index (χ1n) is 8.68. The molecule has 2 aromatic rings. The molecule has 26 heavy (non-hydrogen) atoms. The largest absolute Gasteiger partial charge is 0.497 e. The average Bonchev–Trinajstić information content (AvgIpc) is 3.26. The number of ether oxygens (including phenoxy) is 4. The van der Waals surface area contributed by atoms with Crippen molar-refractivity contribution in [3.63, 3.8) is 0 Å². The first-order chi connectivity index (χ1) is 12.6. The Kier molecular flexibility index (Phi) is 4.11. The number of amides is 1. The van der Waals surface area contributed by atoms with Crippen molar-refractivity contribution in [1.82, 2.24) is 0 Å². The average molecular weight is 355 g/mol. The van der Waals surface area contributed by atoms with Gasteiger partial charge in [-0.25, -0.2) is 0 Å². The van der Waals surface area contributed by atoms with Crippen LogP contribution in [0.15, 0.2) is 36.4 Å². The van der Waals surface area contributed by atoms with E-state index in [-0.39, 0.29) is 5.91 Å². The molecule has 1 aliphatic carbocycles. The molecule has 2 aromatic carbocycles. The molecular weight excluding hydrogens is 334 g/mol. The molecule has 1 amide bonds. The summed E-state index contributed by atoms with van der Waals surface area (Å²) in [6.45, 7) is 0.